The van der Waals surface area contributed by atoms with Crippen molar-refractivity contribution >= 4 is 5.84 Å². The molecule has 2 N–H and O–H groups in total. The van der Waals surface area contributed by atoms with Gasteiger partial charge in [0.05, 0.1) is 11.9 Å². The minimum Gasteiger partial charge on any atom is -0.387 e. The molecule has 1 aliphatic carbocycles. The van der Waals surface area contributed by atoms with Crippen molar-refractivity contribution in [3.8, 4) is 0 Å². The number of rotatable bonds is 1. The summed E-state index contributed by atoms with van der Waals surface area (Å²) in [5, 5.41) is 0. The summed E-state index contributed by atoms with van der Waals surface area (Å²) in [4.78, 5) is 4.68. The molecule has 82 valence electrons. The summed E-state index contributed by atoms with van der Waals surface area (Å²) in [5.41, 5.74) is 6.02. The van der Waals surface area contributed by atoms with Crippen molar-refractivity contribution in [1.29, 1.82) is 0 Å². The van der Waals surface area contributed by atoms with Gasteiger partial charge in [-0.3, -0.25) is 4.99 Å². The van der Waals surface area contributed by atoms with Crippen LogP contribution in [-0.4, -0.2) is 11.9 Å². The average Bonchev–Trinajstić information content (AvgIpc) is 2.07. The Kier molecular flexibility index (Phi) is 3.57. The molecule has 0 aromatic heterocycles. The number of hydrogen-bond acceptors (Lipinski definition) is 1. The monoisotopic (exact) mass is 196 g/mol. The van der Waals surface area contributed by atoms with E-state index in [2.05, 4.69) is 32.7 Å². The molecule has 0 spiro atoms. The van der Waals surface area contributed by atoms with E-state index in [9.17, 15) is 0 Å². The Bertz CT molecular complexity index is 213. The van der Waals surface area contributed by atoms with E-state index in [1.165, 1.54) is 25.7 Å². The third-order valence-electron chi connectivity index (χ3n) is 3.14. The number of aliphatic imine (C=N–C) groups is 1. The van der Waals surface area contributed by atoms with Crippen LogP contribution in [-0.2, 0) is 0 Å². The van der Waals surface area contributed by atoms with E-state index in [1.807, 2.05) is 0 Å². The predicted octanol–water partition coefficient (Wildman–Crippen LogP) is 2.97. The average molecular weight is 196 g/mol. The molecule has 1 fully saturated rings. The van der Waals surface area contributed by atoms with Gasteiger partial charge in [-0.1, -0.05) is 40.5 Å². The van der Waals surface area contributed by atoms with E-state index in [1.54, 1.807) is 0 Å². The van der Waals surface area contributed by atoms with Crippen molar-refractivity contribution in [2.24, 2.45) is 22.1 Å². The van der Waals surface area contributed by atoms with Crippen LogP contribution in [0.3, 0.4) is 0 Å². The van der Waals surface area contributed by atoms with Gasteiger partial charge in [-0.2, -0.15) is 0 Å². The summed E-state index contributed by atoms with van der Waals surface area (Å²) in [6.07, 6.45) is 5.21. The Morgan fingerprint density at radius 3 is 2.29 bits per heavy atom. The molecule has 1 aliphatic rings. The second-order valence-corrected chi connectivity index (χ2v) is 5.59. The summed E-state index contributed by atoms with van der Waals surface area (Å²) >= 11 is 0. The highest BCUT2D eigenvalue weighted by Gasteiger charge is 2.23. The smallest absolute Gasteiger partial charge is 0.0994 e. The van der Waals surface area contributed by atoms with E-state index in [4.69, 9.17) is 5.73 Å². The van der Waals surface area contributed by atoms with Crippen LogP contribution in [0.15, 0.2) is 4.99 Å². The quantitative estimate of drug-likeness (QED) is 0.508. The van der Waals surface area contributed by atoms with E-state index >= 15 is 0 Å². The van der Waals surface area contributed by atoms with E-state index in [0.717, 1.165) is 5.84 Å². The van der Waals surface area contributed by atoms with Gasteiger partial charge >= 0.3 is 0 Å². The van der Waals surface area contributed by atoms with E-state index < -0.39 is 0 Å². The van der Waals surface area contributed by atoms with Crippen molar-refractivity contribution in [1.82, 2.24) is 0 Å². The van der Waals surface area contributed by atoms with Gasteiger partial charge in [0, 0.05) is 5.41 Å². The zero-order valence-corrected chi connectivity index (χ0v) is 10.0. The first kappa shape index (κ1) is 11.5. The van der Waals surface area contributed by atoms with Gasteiger partial charge < -0.3 is 5.73 Å². The summed E-state index contributed by atoms with van der Waals surface area (Å²) < 4.78 is 0. The number of amidine groups is 1. The molecule has 0 radical (unpaired) electrons. The highest BCUT2D eigenvalue weighted by Crippen LogP contribution is 2.27. The Balaban J connectivity index is 2.65. The lowest BCUT2D eigenvalue weighted by Crippen LogP contribution is -2.32. The van der Waals surface area contributed by atoms with Crippen LogP contribution in [0.25, 0.3) is 0 Å². The first-order valence-electron chi connectivity index (χ1n) is 5.75. The van der Waals surface area contributed by atoms with Gasteiger partial charge in [0.15, 0.2) is 0 Å². The highest BCUT2D eigenvalue weighted by molar-refractivity contribution is 5.85. The van der Waals surface area contributed by atoms with Crippen LogP contribution in [0.5, 0.6) is 0 Å². The van der Waals surface area contributed by atoms with Crippen LogP contribution in [0.1, 0.15) is 53.4 Å². The summed E-state index contributed by atoms with van der Waals surface area (Å²) in [5.74, 6) is 1.53. The Morgan fingerprint density at radius 2 is 1.79 bits per heavy atom. The molecule has 0 aromatic carbocycles. The van der Waals surface area contributed by atoms with Crippen molar-refractivity contribution in [2.75, 3.05) is 0 Å². The van der Waals surface area contributed by atoms with Crippen molar-refractivity contribution in [3.63, 3.8) is 0 Å². The molecule has 0 saturated heterocycles. The van der Waals surface area contributed by atoms with Crippen LogP contribution in [0.2, 0.25) is 0 Å². The number of nitrogens with zero attached hydrogens (tertiary/aromatic N) is 1. The lowest BCUT2D eigenvalue weighted by atomic mass is 9.85. The Morgan fingerprint density at radius 1 is 1.21 bits per heavy atom. The first-order valence-corrected chi connectivity index (χ1v) is 5.75. The topological polar surface area (TPSA) is 38.4 Å². The van der Waals surface area contributed by atoms with Gasteiger partial charge in [-0.15, -0.1) is 0 Å². The standard InChI is InChI=1S/C12H24N2/c1-9-7-5-6-8-10(9)14-11(13)12(2,3)4/h9-10H,5-8H2,1-4H3,(H2,13,14). The van der Waals surface area contributed by atoms with Crippen LogP contribution in [0.4, 0.5) is 0 Å². The molecule has 2 nitrogen and oxygen atoms in total. The largest absolute Gasteiger partial charge is 0.387 e. The predicted molar refractivity (Wildman–Crippen MR) is 62.5 cm³/mol. The fraction of sp³-hybridized carbons (Fsp3) is 0.917. The molecule has 0 heterocycles. The van der Waals surface area contributed by atoms with Gasteiger partial charge in [0.25, 0.3) is 0 Å². The molecule has 0 bridgehead atoms. The summed E-state index contributed by atoms with van der Waals surface area (Å²) in [6.45, 7) is 8.67. The van der Waals surface area contributed by atoms with E-state index in [-0.39, 0.29) is 5.41 Å². The minimum atomic E-state index is 0.0250. The van der Waals surface area contributed by atoms with Crippen molar-refractivity contribution in [3.05, 3.63) is 0 Å². The molecule has 1 rings (SSSR count). The Hall–Kier alpha value is -0.530. The molecule has 0 aromatic rings. The van der Waals surface area contributed by atoms with Gasteiger partial charge in [0.1, 0.15) is 0 Å². The fourth-order valence-electron chi connectivity index (χ4n) is 1.86. The molecule has 2 atom stereocenters. The molecule has 2 heteroatoms. The maximum absolute atomic E-state index is 5.99. The highest BCUT2D eigenvalue weighted by atomic mass is 14.9. The molecule has 0 aliphatic heterocycles. The van der Waals surface area contributed by atoms with Gasteiger partial charge in [-0.25, -0.2) is 0 Å². The van der Waals surface area contributed by atoms with E-state index in [0.29, 0.717) is 12.0 Å². The zero-order chi connectivity index (χ0) is 10.8. The summed E-state index contributed by atoms with van der Waals surface area (Å²) in [7, 11) is 0. The zero-order valence-electron chi connectivity index (χ0n) is 10.0. The molecule has 1 saturated carbocycles. The lowest BCUT2D eigenvalue weighted by Gasteiger charge is -2.28. The Labute approximate surface area is 88.0 Å². The molecule has 0 amide bonds. The van der Waals surface area contributed by atoms with Crippen molar-refractivity contribution < 1.29 is 0 Å². The maximum Gasteiger partial charge on any atom is 0.0994 e. The number of nitrogens with two attached hydrogens (primary N) is 1. The fourth-order valence-corrected chi connectivity index (χ4v) is 1.86. The van der Waals surface area contributed by atoms with Crippen LogP contribution in [0, 0.1) is 11.3 Å². The minimum absolute atomic E-state index is 0.0250. The molecule has 2 unspecified atom stereocenters. The van der Waals surface area contributed by atoms with Gasteiger partial charge in [0.2, 0.25) is 0 Å². The second-order valence-electron chi connectivity index (χ2n) is 5.59. The third-order valence-corrected chi connectivity index (χ3v) is 3.14. The molecule has 14 heavy (non-hydrogen) atoms. The molecular formula is C12H24N2. The van der Waals surface area contributed by atoms with Crippen molar-refractivity contribution in [2.45, 2.75) is 59.4 Å². The number of hydrogen-bond donors (Lipinski definition) is 1. The SMILES string of the molecule is CC1CCCCC1N=C(N)C(C)(C)C. The van der Waals surface area contributed by atoms with Gasteiger partial charge in [-0.05, 0) is 18.8 Å². The molecular weight excluding hydrogens is 172 g/mol. The van der Waals surface area contributed by atoms with Crippen LogP contribution >= 0.6 is 0 Å². The first-order chi connectivity index (χ1) is 6.41. The second kappa shape index (κ2) is 4.33. The summed E-state index contributed by atoms with van der Waals surface area (Å²) in [6, 6.07) is 0.475. The normalized spacial score (nSPS) is 30.4. The lowest BCUT2D eigenvalue weighted by molar-refractivity contribution is 0.330. The third kappa shape index (κ3) is 3.00. The van der Waals surface area contributed by atoms with Crippen LogP contribution < -0.4 is 5.73 Å². The maximum atomic E-state index is 5.99.